The zero-order valence-corrected chi connectivity index (χ0v) is 26.5. The first kappa shape index (κ1) is 32.6. The Hall–Kier alpha value is -3.36. The summed E-state index contributed by atoms with van der Waals surface area (Å²) in [7, 11) is -4.96. The van der Waals surface area contributed by atoms with Gasteiger partial charge in [0.2, 0.25) is 10.0 Å². The largest absolute Gasteiger partial charge is 0.497 e. The zero-order valence-electron chi connectivity index (χ0n) is 24.1. The van der Waals surface area contributed by atoms with Crippen LogP contribution in [0.1, 0.15) is 24.2 Å². The molecule has 1 amide bonds. The van der Waals surface area contributed by atoms with Gasteiger partial charge < -0.3 is 19.5 Å². The number of nitrogens with zero attached hydrogens (tertiary/aromatic N) is 2. The van der Waals surface area contributed by atoms with E-state index in [-0.39, 0.29) is 52.4 Å². The maximum Gasteiger partial charge on any atom is 0.261 e. The van der Waals surface area contributed by atoms with Crippen LogP contribution in [0, 0.1) is 5.92 Å². The minimum absolute atomic E-state index is 0.0169. The van der Waals surface area contributed by atoms with E-state index in [1.165, 1.54) is 78.0 Å². The number of carbonyl (C=O) groups is 1. The monoisotopic (exact) mass is 651 g/mol. The number of benzene rings is 3. The van der Waals surface area contributed by atoms with E-state index < -0.39 is 38.1 Å². The second-order valence-electron chi connectivity index (χ2n) is 10.4. The number of anilines is 1. The number of hydrogen-bond donors (Lipinski definition) is 2. The van der Waals surface area contributed by atoms with E-state index in [4.69, 9.17) is 21.1 Å². The van der Waals surface area contributed by atoms with Gasteiger partial charge in [0, 0.05) is 30.2 Å². The molecule has 0 spiro atoms. The highest BCUT2D eigenvalue weighted by atomic mass is 35.5. The molecule has 0 saturated heterocycles. The van der Waals surface area contributed by atoms with Crippen LogP contribution in [0.5, 0.6) is 11.5 Å². The molecule has 0 saturated carbocycles. The molecule has 0 radical (unpaired) electrons. The van der Waals surface area contributed by atoms with E-state index in [9.17, 15) is 26.7 Å². The van der Waals surface area contributed by atoms with Crippen molar-refractivity contribution >= 4 is 43.2 Å². The molecule has 0 fully saturated rings. The number of nitrogens with one attached hydrogen (secondary N) is 1. The van der Waals surface area contributed by atoms with Gasteiger partial charge in [-0.1, -0.05) is 18.5 Å². The first-order valence-electron chi connectivity index (χ1n) is 13.4. The predicted molar refractivity (Wildman–Crippen MR) is 163 cm³/mol. The molecule has 2 N–H and O–H groups in total. The maximum absolute atomic E-state index is 13.7. The van der Waals surface area contributed by atoms with Crippen LogP contribution in [0.3, 0.4) is 0 Å². The second-order valence-corrected chi connectivity index (χ2v) is 14.5. The van der Waals surface area contributed by atoms with Gasteiger partial charge in [0.05, 0.1) is 41.7 Å². The molecule has 11 nitrogen and oxygen atoms in total. The van der Waals surface area contributed by atoms with E-state index >= 15 is 0 Å². The molecule has 1 heterocycles. The number of hydrogen-bond acceptors (Lipinski definition) is 8. The van der Waals surface area contributed by atoms with Gasteiger partial charge in [-0.3, -0.25) is 9.52 Å². The number of halogens is 1. The second kappa shape index (κ2) is 13.1. The number of ether oxygens (including phenoxy) is 2. The van der Waals surface area contributed by atoms with Crippen molar-refractivity contribution in [3.63, 3.8) is 0 Å². The van der Waals surface area contributed by atoms with Crippen molar-refractivity contribution in [1.29, 1.82) is 0 Å². The summed E-state index contributed by atoms with van der Waals surface area (Å²) in [6.07, 6.45) is -0.699. The number of rotatable bonds is 10. The third kappa shape index (κ3) is 7.24. The summed E-state index contributed by atoms with van der Waals surface area (Å²) in [6.45, 7) is 3.32. The Kier molecular flexibility index (Phi) is 9.92. The van der Waals surface area contributed by atoms with E-state index in [0.29, 0.717) is 10.8 Å². The number of amides is 1. The van der Waals surface area contributed by atoms with Gasteiger partial charge in [-0.25, -0.2) is 16.8 Å². The lowest BCUT2D eigenvalue weighted by Gasteiger charge is -2.38. The van der Waals surface area contributed by atoms with Crippen molar-refractivity contribution in [2.24, 2.45) is 5.92 Å². The Balaban J connectivity index is 1.67. The molecule has 0 bridgehead atoms. The number of fused-ring (bicyclic) bond motifs is 1. The van der Waals surface area contributed by atoms with Crippen molar-refractivity contribution in [2.45, 2.75) is 35.8 Å². The molecular weight excluding hydrogens is 618 g/mol. The molecule has 14 heteroatoms. The third-order valence-corrected chi connectivity index (χ3v) is 10.7. The SMILES string of the molecule is COc1ccc(S(=O)(=O)N(C)C[C@H]2Oc3ccc(NS(=O)(=O)c4ccc(Cl)cc4)cc3C(=O)N([C@@H](C)CO)C[C@@H]2C)cc1. The molecule has 1 aliphatic heterocycles. The van der Waals surface area contributed by atoms with Gasteiger partial charge in [-0.05, 0) is 73.7 Å². The Morgan fingerprint density at radius 2 is 1.70 bits per heavy atom. The van der Waals surface area contributed by atoms with E-state index in [0.717, 1.165) is 0 Å². The lowest BCUT2D eigenvalue weighted by molar-refractivity contribution is 0.0387. The Morgan fingerprint density at radius 3 is 2.30 bits per heavy atom. The molecule has 4 rings (SSSR count). The van der Waals surface area contributed by atoms with Crippen molar-refractivity contribution in [1.82, 2.24) is 9.21 Å². The Bertz CT molecular complexity index is 1670. The minimum atomic E-state index is -4.00. The molecule has 0 unspecified atom stereocenters. The van der Waals surface area contributed by atoms with Crippen LogP contribution in [0.25, 0.3) is 0 Å². The number of aliphatic hydroxyl groups excluding tert-OH is 1. The summed E-state index contributed by atoms with van der Waals surface area (Å²) in [5, 5.41) is 10.3. The van der Waals surface area contributed by atoms with Crippen molar-refractivity contribution < 1.29 is 36.2 Å². The standard InChI is InChI=1S/C29H34ClN3O8S2/c1-19-16-33(20(2)18-34)29(35)26-15-22(31-42(36,37)24-10-5-21(30)6-11-24)7-14-27(26)41-28(19)17-32(3)43(38,39)25-12-8-23(40-4)9-13-25/h5-15,19-20,28,31,34H,16-18H2,1-4H3/t19-,20-,28+/m0/s1. The summed E-state index contributed by atoms with van der Waals surface area (Å²) >= 11 is 5.89. The first-order chi connectivity index (χ1) is 20.3. The molecule has 232 valence electrons. The number of methoxy groups -OCH3 is 1. The van der Waals surface area contributed by atoms with E-state index in [1.807, 2.05) is 6.92 Å². The lowest BCUT2D eigenvalue weighted by atomic mass is 9.99. The van der Waals surface area contributed by atoms with E-state index in [1.54, 1.807) is 19.1 Å². The van der Waals surface area contributed by atoms with Crippen LogP contribution in [-0.4, -0.2) is 83.1 Å². The number of carbonyl (C=O) groups excluding carboxylic acids is 1. The highest BCUT2D eigenvalue weighted by molar-refractivity contribution is 7.92. The first-order valence-corrected chi connectivity index (χ1v) is 16.7. The molecule has 0 aromatic heterocycles. The fourth-order valence-corrected chi connectivity index (χ4v) is 6.97. The van der Waals surface area contributed by atoms with Gasteiger partial charge in [0.1, 0.15) is 17.6 Å². The molecular formula is C29H34ClN3O8S2. The average Bonchev–Trinajstić information content (AvgIpc) is 2.98. The molecule has 3 aromatic rings. The lowest BCUT2D eigenvalue weighted by Crippen LogP contribution is -2.50. The van der Waals surface area contributed by atoms with Gasteiger partial charge in [0.25, 0.3) is 15.9 Å². The maximum atomic E-state index is 13.7. The zero-order chi connectivity index (χ0) is 31.5. The van der Waals surface area contributed by atoms with Gasteiger partial charge in [-0.2, -0.15) is 4.31 Å². The Labute approximate surface area is 257 Å². The van der Waals surface area contributed by atoms with Crippen molar-refractivity contribution in [3.8, 4) is 11.5 Å². The van der Waals surface area contributed by atoms with Gasteiger partial charge in [-0.15, -0.1) is 0 Å². The summed E-state index contributed by atoms with van der Waals surface area (Å²) in [6, 6.07) is 15.4. The molecule has 3 aromatic carbocycles. The highest BCUT2D eigenvalue weighted by Gasteiger charge is 2.35. The van der Waals surface area contributed by atoms with Crippen LogP contribution in [0.2, 0.25) is 5.02 Å². The number of likely N-dealkylation sites (N-methyl/N-ethyl adjacent to an activating group) is 1. The quantitative estimate of drug-likeness (QED) is 0.338. The van der Waals surface area contributed by atoms with Gasteiger partial charge in [0.15, 0.2) is 0 Å². The molecule has 3 atom stereocenters. The highest BCUT2D eigenvalue weighted by Crippen LogP contribution is 2.32. The molecule has 43 heavy (non-hydrogen) atoms. The normalized spacial score (nSPS) is 18.3. The number of sulfonamides is 2. The van der Waals surface area contributed by atoms with Gasteiger partial charge >= 0.3 is 0 Å². The number of aliphatic hydroxyl groups is 1. The van der Waals surface area contributed by atoms with Crippen LogP contribution in [0.4, 0.5) is 5.69 Å². The van der Waals surface area contributed by atoms with Crippen LogP contribution >= 0.6 is 11.6 Å². The van der Waals surface area contributed by atoms with Crippen LogP contribution < -0.4 is 14.2 Å². The minimum Gasteiger partial charge on any atom is -0.497 e. The summed E-state index contributed by atoms with van der Waals surface area (Å²) < 4.78 is 67.7. The fourth-order valence-electron chi connectivity index (χ4n) is 4.61. The molecule has 1 aliphatic rings. The average molecular weight is 652 g/mol. The van der Waals surface area contributed by atoms with Crippen molar-refractivity contribution in [2.75, 3.05) is 38.6 Å². The van der Waals surface area contributed by atoms with Crippen LogP contribution in [-0.2, 0) is 20.0 Å². The summed E-state index contributed by atoms with van der Waals surface area (Å²) in [5.74, 6) is -0.134. The summed E-state index contributed by atoms with van der Waals surface area (Å²) in [4.78, 5) is 15.3. The van der Waals surface area contributed by atoms with E-state index in [2.05, 4.69) is 4.72 Å². The Morgan fingerprint density at radius 1 is 1.07 bits per heavy atom. The fraction of sp³-hybridized carbons (Fsp3) is 0.345. The predicted octanol–water partition coefficient (Wildman–Crippen LogP) is 3.69. The topological polar surface area (TPSA) is 143 Å². The smallest absolute Gasteiger partial charge is 0.261 e. The summed E-state index contributed by atoms with van der Waals surface area (Å²) in [5.41, 5.74) is 0.181. The van der Waals surface area contributed by atoms with Crippen molar-refractivity contribution in [3.05, 3.63) is 77.3 Å². The third-order valence-electron chi connectivity index (χ3n) is 7.25. The van der Waals surface area contributed by atoms with Crippen LogP contribution in [0.15, 0.2) is 76.5 Å². The molecule has 0 aliphatic carbocycles.